The Labute approximate surface area is 112 Å². The maximum atomic E-state index is 11.3. The summed E-state index contributed by atoms with van der Waals surface area (Å²) < 4.78 is 0.915. The number of nitrogens with two attached hydrogens (primary N) is 2. The van der Waals surface area contributed by atoms with Gasteiger partial charge in [0.15, 0.2) is 0 Å². The highest BCUT2D eigenvalue weighted by Gasteiger charge is 2.14. The van der Waals surface area contributed by atoms with Crippen molar-refractivity contribution in [2.45, 2.75) is 13.3 Å². The maximum Gasteiger partial charge on any atom is 0.269 e. The molecule has 17 heavy (non-hydrogen) atoms. The zero-order chi connectivity index (χ0) is 12.6. The second kappa shape index (κ2) is 4.44. The van der Waals surface area contributed by atoms with Crippen LogP contribution in [-0.2, 0) is 6.42 Å². The van der Waals surface area contributed by atoms with E-state index in [1.165, 1.54) is 0 Å². The number of fused-ring (bicyclic) bond motifs is 1. The fourth-order valence-corrected chi connectivity index (χ4v) is 2.03. The molecule has 0 fully saturated rings. The summed E-state index contributed by atoms with van der Waals surface area (Å²) in [6.07, 6.45) is 0.589. The first-order valence-corrected chi connectivity index (χ1v) is 6.16. The van der Waals surface area contributed by atoms with Crippen LogP contribution in [0, 0.1) is 3.57 Å². The molecule has 0 saturated carbocycles. The van der Waals surface area contributed by atoms with Gasteiger partial charge in [-0.15, -0.1) is 0 Å². The molecule has 0 unspecified atom stereocenters. The van der Waals surface area contributed by atoms with Gasteiger partial charge in [0.25, 0.3) is 5.91 Å². The third-order valence-electron chi connectivity index (χ3n) is 2.46. The van der Waals surface area contributed by atoms with Gasteiger partial charge in [-0.05, 0) is 41.1 Å². The van der Waals surface area contributed by atoms with Crippen molar-refractivity contribution in [3.05, 3.63) is 27.1 Å². The molecule has 0 aliphatic carbocycles. The maximum absolute atomic E-state index is 11.3. The van der Waals surface area contributed by atoms with Crippen LogP contribution in [0.5, 0.6) is 0 Å². The molecule has 6 heteroatoms. The van der Waals surface area contributed by atoms with E-state index in [4.69, 9.17) is 11.5 Å². The second-order valence-electron chi connectivity index (χ2n) is 3.57. The molecule has 1 heterocycles. The Morgan fingerprint density at radius 1 is 1.41 bits per heavy atom. The Bertz CT molecular complexity index is 612. The molecule has 1 amide bonds. The molecule has 88 valence electrons. The predicted octanol–water partition coefficient (Wildman–Crippen LogP) is 1.48. The summed E-state index contributed by atoms with van der Waals surface area (Å²) >= 11 is 2.13. The zero-order valence-corrected chi connectivity index (χ0v) is 11.4. The molecule has 4 N–H and O–H groups in total. The molecule has 0 aliphatic rings. The lowest BCUT2D eigenvalue weighted by Gasteiger charge is -2.08. The summed E-state index contributed by atoms with van der Waals surface area (Å²) in [6.45, 7) is 1.90. The Hall–Kier alpha value is -1.44. The minimum absolute atomic E-state index is 0.223. The molecule has 5 nitrogen and oxygen atoms in total. The van der Waals surface area contributed by atoms with Gasteiger partial charge >= 0.3 is 0 Å². The summed E-state index contributed by atoms with van der Waals surface area (Å²) in [6, 6.07) is 3.62. The summed E-state index contributed by atoms with van der Waals surface area (Å²) in [4.78, 5) is 19.9. The van der Waals surface area contributed by atoms with E-state index in [0.29, 0.717) is 28.8 Å². The highest BCUT2D eigenvalue weighted by molar-refractivity contribution is 14.1. The standard InChI is InChI=1S/C11H11IN4O/c1-2-6-10(11(14)17)16-7-4-3-5(12)8(13)9(7)15-6/h3-4H,2,13H2,1H3,(H2,14,17). The number of nitrogen functional groups attached to an aromatic ring is 1. The van der Waals surface area contributed by atoms with Crippen LogP contribution >= 0.6 is 22.6 Å². The highest BCUT2D eigenvalue weighted by Crippen LogP contribution is 2.24. The van der Waals surface area contributed by atoms with Gasteiger partial charge in [0, 0.05) is 3.57 Å². The van der Waals surface area contributed by atoms with E-state index in [9.17, 15) is 4.79 Å². The fraction of sp³-hybridized carbons (Fsp3) is 0.182. The van der Waals surface area contributed by atoms with Gasteiger partial charge in [0.05, 0.1) is 16.9 Å². The summed E-state index contributed by atoms with van der Waals surface area (Å²) in [5.41, 5.74) is 13.8. The third kappa shape index (κ3) is 2.04. The van der Waals surface area contributed by atoms with Gasteiger partial charge in [-0.25, -0.2) is 9.97 Å². The Balaban J connectivity index is 2.83. The topological polar surface area (TPSA) is 94.9 Å². The number of hydrogen-bond acceptors (Lipinski definition) is 4. The van der Waals surface area contributed by atoms with Crippen LogP contribution < -0.4 is 11.5 Å². The highest BCUT2D eigenvalue weighted by atomic mass is 127. The number of anilines is 1. The van der Waals surface area contributed by atoms with E-state index >= 15 is 0 Å². The van der Waals surface area contributed by atoms with Crippen molar-refractivity contribution in [1.82, 2.24) is 9.97 Å². The van der Waals surface area contributed by atoms with Crippen LogP contribution in [0.15, 0.2) is 12.1 Å². The SMILES string of the molecule is CCc1nc2c(N)c(I)ccc2nc1C(N)=O. The molecule has 2 aromatic rings. The van der Waals surface area contributed by atoms with E-state index in [0.717, 1.165) is 3.57 Å². The summed E-state index contributed by atoms with van der Waals surface area (Å²) in [5, 5.41) is 0. The van der Waals surface area contributed by atoms with Crippen molar-refractivity contribution in [2.24, 2.45) is 5.73 Å². The van der Waals surface area contributed by atoms with Gasteiger partial charge in [-0.1, -0.05) is 6.92 Å². The number of halogens is 1. The predicted molar refractivity (Wildman–Crippen MR) is 74.6 cm³/mol. The summed E-state index contributed by atoms with van der Waals surface area (Å²) in [7, 11) is 0. The average Bonchev–Trinajstić information content (AvgIpc) is 2.32. The number of amides is 1. The van der Waals surface area contributed by atoms with Crippen molar-refractivity contribution in [1.29, 1.82) is 0 Å². The molecule has 1 aromatic carbocycles. The van der Waals surface area contributed by atoms with Gasteiger partial charge in [-0.3, -0.25) is 4.79 Å². The Morgan fingerprint density at radius 3 is 2.71 bits per heavy atom. The number of benzene rings is 1. The first kappa shape index (κ1) is 12.0. The third-order valence-corrected chi connectivity index (χ3v) is 3.40. The van der Waals surface area contributed by atoms with E-state index in [1.807, 2.05) is 13.0 Å². The average molecular weight is 342 g/mol. The Kier molecular flexibility index (Phi) is 3.14. The normalized spacial score (nSPS) is 10.7. The zero-order valence-electron chi connectivity index (χ0n) is 9.20. The molecule has 0 spiro atoms. The van der Waals surface area contributed by atoms with Gasteiger partial charge < -0.3 is 11.5 Å². The number of nitrogens with zero attached hydrogens (tertiary/aromatic N) is 2. The number of carbonyl (C=O) groups excluding carboxylic acids is 1. The minimum atomic E-state index is -0.562. The van der Waals surface area contributed by atoms with E-state index in [-0.39, 0.29) is 5.69 Å². The molecule has 0 atom stereocenters. The Morgan fingerprint density at radius 2 is 2.12 bits per heavy atom. The van der Waals surface area contributed by atoms with Crippen LogP contribution in [0.2, 0.25) is 0 Å². The first-order valence-electron chi connectivity index (χ1n) is 5.09. The molecule has 0 saturated heterocycles. The van der Waals surface area contributed by atoms with Gasteiger partial charge in [0.2, 0.25) is 0 Å². The van der Waals surface area contributed by atoms with E-state index in [2.05, 4.69) is 32.6 Å². The molecular formula is C11H11IN4O. The number of rotatable bonds is 2. The van der Waals surface area contributed by atoms with Crippen LogP contribution in [0.1, 0.15) is 23.1 Å². The summed E-state index contributed by atoms with van der Waals surface area (Å²) in [5.74, 6) is -0.562. The van der Waals surface area contributed by atoms with E-state index in [1.54, 1.807) is 6.07 Å². The van der Waals surface area contributed by atoms with Gasteiger partial charge in [0.1, 0.15) is 11.2 Å². The molecule has 0 aliphatic heterocycles. The van der Waals surface area contributed by atoms with Crippen LogP contribution in [0.4, 0.5) is 5.69 Å². The van der Waals surface area contributed by atoms with E-state index < -0.39 is 5.91 Å². The number of primary amides is 1. The fourth-order valence-electron chi connectivity index (χ4n) is 1.60. The second-order valence-corrected chi connectivity index (χ2v) is 4.73. The lowest BCUT2D eigenvalue weighted by molar-refractivity contribution is 0.0994. The lowest BCUT2D eigenvalue weighted by atomic mass is 10.2. The number of aromatic nitrogens is 2. The lowest BCUT2D eigenvalue weighted by Crippen LogP contribution is -2.17. The number of hydrogen-bond donors (Lipinski definition) is 2. The molecule has 0 radical (unpaired) electrons. The van der Waals surface area contributed by atoms with Crippen LogP contribution in [0.3, 0.4) is 0 Å². The first-order chi connectivity index (χ1) is 8.04. The number of aryl methyl sites for hydroxylation is 1. The smallest absolute Gasteiger partial charge is 0.269 e. The molecular weight excluding hydrogens is 331 g/mol. The molecule has 1 aromatic heterocycles. The van der Waals surface area contributed by atoms with Crippen molar-refractivity contribution >= 4 is 45.2 Å². The quantitative estimate of drug-likeness (QED) is 0.638. The minimum Gasteiger partial charge on any atom is -0.396 e. The van der Waals surface area contributed by atoms with Crippen molar-refractivity contribution < 1.29 is 4.79 Å². The molecule has 0 bridgehead atoms. The van der Waals surface area contributed by atoms with Crippen molar-refractivity contribution in [3.63, 3.8) is 0 Å². The largest absolute Gasteiger partial charge is 0.396 e. The molecule has 2 rings (SSSR count). The van der Waals surface area contributed by atoms with Crippen molar-refractivity contribution in [2.75, 3.05) is 5.73 Å². The monoisotopic (exact) mass is 342 g/mol. The van der Waals surface area contributed by atoms with Crippen LogP contribution in [-0.4, -0.2) is 15.9 Å². The number of carbonyl (C=O) groups is 1. The van der Waals surface area contributed by atoms with Crippen molar-refractivity contribution in [3.8, 4) is 0 Å². The van der Waals surface area contributed by atoms with Crippen LogP contribution in [0.25, 0.3) is 11.0 Å². The van der Waals surface area contributed by atoms with Gasteiger partial charge in [-0.2, -0.15) is 0 Å².